The normalized spacial score (nSPS) is 21.4. The van der Waals surface area contributed by atoms with Crippen LogP contribution < -0.4 is 5.32 Å². The Labute approximate surface area is 94.5 Å². The van der Waals surface area contributed by atoms with Crippen LogP contribution in [0.4, 0.5) is 0 Å². The quantitative estimate of drug-likeness (QED) is 0.802. The highest BCUT2D eigenvalue weighted by Gasteiger charge is 2.14. The molecular formula is C12H16N4. The third kappa shape index (κ3) is 1.93. The van der Waals surface area contributed by atoms with Crippen molar-refractivity contribution in [1.29, 1.82) is 0 Å². The van der Waals surface area contributed by atoms with Gasteiger partial charge in [0.05, 0.1) is 5.52 Å². The lowest BCUT2D eigenvalue weighted by Gasteiger charge is -2.22. The van der Waals surface area contributed by atoms with Gasteiger partial charge >= 0.3 is 0 Å². The van der Waals surface area contributed by atoms with Crippen molar-refractivity contribution in [3.05, 3.63) is 24.2 Å². The van der Waals surface area contributed by atoms with Crippen LogP contribution >= 0.6 is 0 Å². The van der Waals surface area contributed by atoms with Crippen LogP contribution in [0.15, 0.2) is 18.3 Å². The smallest absolute Gasteiger partial charge is 0.177 e. The molecular weight excluding hydrogens is 200 g/mol. The molecule has 0 aliphatic carbocycles. The molecule has 0 bridgehead atoms. The molecule has 0 amide bonds. The number of imidazole rings is 1. The molecule has 2 aromatic heterocycles. The molecule has 2 aromatic rings. The minimum atomic E-state index is 0.578. The summed E-state index contributed by atoms with van der Waals surface area (Å²) >= 11 is 0. The van der Waals surface area contributed by atoms with Crippen LogP contribution in [0, 0.1) is 0 Å². The summed E-state index contributed by atoms with van der Waals surface area (Å²) in [5.74, 6) is 1.05. The fourth-order valence-corrected chi connectivity index (χ4v) is 2.32. The van der Waals surface area contributed by atoms with E-state index in [1.807, 2.05) is 12.1 Å². The first-order chi connectivity index (χ1) is 7.92. The van der Waals surface area contributed by atoms with Crippen LogP contribution in [-0.2, 0) is 6.42 Å². The largest absolute Gasteiger partial charge is 0.341 e. The number of aromatic amines is 1. The Morgan fingerprint density at radius 1 is 1.38 bits per heavy atom. The maximum absolute atomic E-state index is 4.50. The van der Waals surface area contributed by atoms with Gasteiger partial charge in [-0.15, -0.1) is 0 Å². The highest BCUT2D eigenvalue weighted by molar-refractivity contribution is 5.69. The predicted octanol–water partition coefficient (Wildman–Crippen LogP) is 1.64. The first-order valence-electron chi connectivity index (χ1n) is 5.95. The first-order valence-corrected chi connectivity index (χ1v) is 5.95. The molecule has 4 heteroatoms. The number of piperidine rings is 1. The average molecular weight is 216 g/mol. The zero-order valence-electron chi connectivity index (χ0n) is 9.24. The molecule has 1 fully saturated rings. The summed E-state index contributed by atoms with van der Waals surface area (Å²) < 4.78 is 0. The van der Waals surface area contributed by atoms with E-state index < -0.39 is 0 Å². The van der Waals surface area contributed by atoms with Crippen LogP contribution in [0.2, 0.25) is 0 Å². The molecule has 3 heterocycles. The Balaban J connectivity index is 1.78. The lowest BCUT2D eigenvalue weighted by atomic mass is 10.0. The van der Waals surface area contributed by atoms with Crippen LogP contribution in [0.1, 0.15) is 25.1 Å². The van der Waals surface area contributed by atoms with Crippen molar-refractivity contribution in [2.45, 2.75) is 31.7 Å². The van der Waals surface area contributed by atoms with Crippen molar-refractivity contribution in [3.8, 4) is 0 Å². The van der Waals surface area contributed by atoms with Gasteiger partial charge in [0, 0.05) is 18.7 Å². The zero-order chi connectivity index (χ0) is 10.8. The topological polar surface area (TPSA) is 53.6 Å². The third-order valence-corrected chi connectivity index (χ3v) is 3.16. The summed E-state index contributed by atoms with van der Waals surface area (Å²) in [4.78, 5) is 12.1. The Morgan fingerprint density at radius 3 is 3.19 bits per heavy atom. The lowest BCUT2D eigenvalue weighted by molar-refractivity contribution is 0.395. The van der Waals surface area contributed by atoms with E-state index in [-0.39, 0.29) is 0 Å². The van der Waals surface area contributed by atoms with Crippen molar-refractivity contribution in [2.75, 3.05) is 6.54 Å². The predicted molar refractivity (Wildman–Crippen MR) is 63.2 cm³/mol. The van der Waals surface area contributed by atoms with Gasteiger partial charge in [-0.3, -0.25) is 0 Å². The molecule has 1 aliphatic rings. The van der Waals surface area contributed by atoms with E-state index in [1.165, 1.54) is 19.3 Å². The Hall–Kier alpha value is -1.42. The molecule has 0 spiro atoms. The number of hydrogen-bond acceptors (Lipinski definition) is 3. The van der Waals surface area contributed by atoms with E-state index in [9.17, 15) is 0 Å². The maximum atomic E-state index is 4.50. The van der Waals surface area contributed by atoms with E-state index >= 15 is 0 Å². The van der Waals surface area contributed by atoms with Crippen LogP contribution in [0.5, 0.6) is 0 Å². The number of H-pyrrole nitrogens is 1. The van der Waals surface area contributed by atoms with Gasteiger partial charge in [-0.25, -0.2) is 9.97 Å². The van der Waals surface area contributed by atoms with E-state index in [4.69, 9.17) is 0 Å². The molecule has 1 aliphatic heterocycles. The van der Waals surface area contributed by atoms with Crippen LogP contribution in [0.3, 0.4) is 0 Å². The van der Waals surface area contributed by atoms with Crippen molar-refractivity contribution < 1.29 is 0 Å². The van der Waals surface area contributed by atoms with Crippen LogP contribution in [-0.4, -0.2) is 27.5 Å². The van der Waals surface area contributed by atoms with Crippen molar-refractivity contribution in [1.82, 2.24) is 20.3 Å². The number of aromatic nitrogens is 3. The molecule has 4 nitrogen and oxygen atoms in total. The summed E-state index contributed by atoms with van der Waals surface area (Å²) in [6.45, 7) is 1.14. The molecule has 0 aromatic carbocycles. The van der Waals surface area contributed by atoms with Gasteiger partial charge in [0.2, 0.25) is 0 Å². The number of nitrogens with zero attached hydrogens (tertiary/aromatic N) is 2. The van der Waals surface area contributed by atoms with E-state index in [0.29, 0.717) is 6.04 Å². The van der Waals surface area contributed by atoms with Gasteiger partial charge in [-0.1, -0.05) is 6.42 Å². The number of rotatable bonds is 2. The summed E-state index contributed by atoms with van der Waals surface area (Å²) in [7, 11) is 0. The first kappa shape index (κ1) is 9.78. The molecule has 0 saturated carbocycles. The molecule has 0 radical (unpaired) electrons. The van der Waals surface area contributed by atoms with E-state index in [0.717, 1.165) is 30.0 Å². The molecule has 16 heavy (non-hydrogen) atoms. The lowest BCUT2D eigenvalue weighted by Crippen LogP contribution is -2.35. The average Bonchev–Trinajstić information content (AvgIpc) is 2.72. The number of hydrogen-bond donors (Lipinski definition) is 2. The summed E-state index contributed by atoms with van der Waals surface area (Å²) in [5.41, 5.74) is 1.86. The SMILES string of the molecule is c1cnc2nc(CC3CCCCN3)[nH]c2c1. The molecule has 1 atom stereocenters. The van der Waals surface area contributed by atoms with Crippen molar-refractivity contribution in [3.63, 3.8) is 0 Å². The van der Waals surface area contributed by atoms with Crippen LogP contribution in [0.25, 0.3) is 11.2 Å². The van der Waals surface area contributed by atoms with E-state index in [1.54, 1.807) is 6.20 Å². The summed E-state index contributed by atoms with van der Waals surface area (Å²) in [6, 6.07) is 4.53. The Bertz CT molecular complexity index is 438. The monoisotopic (exact) mass is 216 g/mol. The Kier molecular flexibility index (Phi) is 2.58. The van der Waals surface area contributed by atoms with Crippen molar-refractivity contribution >= 4 is 11.2 Å². The van der Waals surface area contributed by atoms with E-state index in [2.05, 4.69) is 20.3 Å². The van der Waals surface area contributed by atoms with Gasteiger partial charge < -0.3 is 10.3 Å². The second kappa shape index (κ2) is 4.22. The fourth-order valence-electron chi connectivity index (χ4n) is 2.32. The second-order valence-corrected chi connectivity index (χ2v) is 4.41. The highest BCUT2D eigenvalue weighted by atomic mass is 15.0. The fraction of sp³-hybridized carbons (Fsp3) is 0.500. The zero-order valence-corrected chi connectivity index (χ0v) is 9.24. The van der Waals surface area contributed by atoms with Gasteiger partial charge in [-0.05, 0) is 31.5 Å². The number of fused-ring (bicyclic) bond motifs is 1. The van der Waals surface area contributed by atoms with Crippen molar-refractivity contribution in [2.24, 2.45) is 0 Å². The number of nitrogens with one attached hydrogen (secondary N) is 2. The van der Waals surface area contributed by atoms with Gasteiger partial charge in [0.1, 0.15) is 5.82 Å². The second-order valence-electron chi connectivity index (χ2n) is 4.41. The minimum Gasteiger partial charge on any atom is -0.341 e. The third-order valence-electron chi connectivity index (χ3n) is 3.16. The minimum absolute atomic E-state index is 0.578. The molecule has 1 unspecified atom stereocenters. The highest BCUT2D eigenvalue weighted by Crippen LogP contribution is 2.13. The van der Waals surface area contributed by atoms with Gasteiger partial charge in [0.25, 0.3) is 0 Å². The molecule has 1 saturated heterocycles. The maximum Gasteiger partial charge on any atom is 0.177 e. The molecule has 84 valence electrons. The molecule has 3 rings (SSSR count). The summed E-state index contributed by atoms with van der Waals surface area (Å²) in [6.07, 6.45) is 6.65. The number of pyridine rings is 1. The van der Waals surface area contributed by atoms with Gasteiger partial charge in [-0.2, -0.15) is 0 Å². The molecule has 2 N–H and O–H groups in total. The summed E-state index contributed by atoms with van der Waals surface area (Å²) in [5, 5.41) is 3.53. The van der Waals surface area contributed by atoms with Gasteiger partial charge in [0.15, 0.2) is 5.65 Å². The Morgan fingerprint density at radius 2 is 2.38 bits per heavy atom. The standard InChI is InChI=1S/C12H16N4/c1-2-6-13-9(4-1)8-11-15-10-5-3-7-14-12(10)16-11/h3,5,7,9,13H,1-2,4,6,8H2,(H,14,15,16).